The molecule has 0 spiro atoms. The first-order chi connectivity index (χ1) is 15.9. The van der Waals surface area contributed by atoms with E-state index in [1.54, 1.807) is 32.1 Å². The topological polar surface area (TPSA) is 109 Å². The summed E-state index contributed by atoms with van der Waals surface area (Å²) in [6.07, 6.45) is 2.28. The van der Waals surface area contributed by atoms with Gasteiger partial charge in [0.2, 0.25) is 0 Å². The normalized spacial score (nSPS) is 38.8. The lowest BCUT2D eigenvalue weighted by molar-refractivity contribution is -0.154. The third-order valence-corrected chi connectivity index (χ3v) is 8.20. The van der Waals surface area contributed by atoms with Crippen LogP contribution in [0.15, 0.2) is 11.0 Å². The number of aromatic nitrogens is 1. The molecule has 1 aromatic rings. The molecule has 1 aromatic heterocycles. The van der Waals surface area contributed by atoms with E-state index < -0.39 is 35.6 Å². The quantitative estimate of drug-likeness (QED) is 0.362. The third kappa shape index (κ3) is 6.53. The molecule has 34 heavy (non-hydrogen) atoms. The predicted molar refractivity (Wildman–Crippen MR) is 131 cm³/mol. The number of thiazole rings is 1. The molecule has 7 nitrogen and oxygen atoms in total. The van der Waals surface area contributed by atoms with Crippen molar-refractivity contribution in [3.63, 3.8) is 0 Å². The second-order valence-electron chi connectivity index (χ2n) is 10.6. The highest BCUT2D eigenvalue weighted by Gasteiger charge is 2.44. The van der Waals surface area contributed by atoms with Crippen LogP contribution in [0.2, 0.25) is 0 Å². The third-order valence-electron chi connectivity index (χ3n) is 7.41. The summed E-state index contributed by atoms with van der Waals surface area (Å²) in [5.74, 6) is -1.52. The summed E-state index contributed by atoms with van der Waals surface area (Å²) in [5, 5.41) is 24.5. The maximum absolute atomic E-state index is 13.2. The number of epoxide rings is 1. The van der Waals surface area contributed by atoms with Gasteiger partial charge < -0.3 is 19.7 Å². The van der Waals surface area contributed by atoms with Crippen LogP contribution >= 0.6 is 11.3 Å². The summed E-state index contributed by atoms with van der Waals surface area (Å²) >= 11 is 1.56. The van der Waals surface area contributed by atoms with Gasteiger partial charge in [-0.25, -0.2) is 4.98 Å². The Morgan fingerprint density at radius 2 is 1.91 bits per heavy atom. The number of carbonyl (C=O) groups is 2. The van der Waals surface area contributed by atoms with Crippen LogP contribution in [0.1, 0.15) is 77.4 Å². The van der Waals surface area contributed by atoms with Crippen molar-refractivity contribution >= 4 is 29.2 Å². The number of aliphatic hydroxyl groups is 2. The van der Waals surface area contributed by atoms with Crippen molar-refractivity contribution in [3.05, 3.63) is 21.7 Å². The van der Waals surface area contributed by atoms with E-state index in [-0.39, 0.29) is 30.3 Å². The molecule has 2 saturated heterocycles. The number of aryl methyl sites for hydroxylation is 1. The highest BCUT2D eigenvalue weighted by molar-refractivity contribution is 7.09. The second kappa shape index (κ2) is 11.0. The van der Waals surface area contributed by atoms with E-state index >= 15 is 0 Å². The molecule has 8 atom stereocenters. The summed E-state index contributed by atoms with van der Waals surface area (Å²) in [6, 6.07) is 0. The van der Waals surface area contributed by atoms with Crippen LogP contribution in [-0.4, -0.2) is 57.5 Å². The largest absolute Gasteiger partial charge is 0.458 e. The standard InChI is InChI=1S/C26H39NO6S/c1-14-8-7-9-19-21(32-19)11-20(15(2)10-18-13-34-17(4)27-18)33-23(29)12-22(28)26(5,6)25(31)16(3)24(14)30/h10,13-14,16,19-22,24,28,30H,7-9,11-12H2,1-6H3/b15-10+/t14?,16?,19-,20?,21+,22?,24?/m1/s1/i5+1/t14?,16?,19-,20?,21+,22?,24?,26?. The molecule has 3 rings (SSSR count). The number of carbonyl (C=O) groups excluding carboxylic acids is 2. The molecule has 8 heteroatoms. The highest BCUT2D eigenvalue weighted by Crippen LogP contribution is 2.36. The number of esters is 1. The van der Waals surface area contributed by atoms with Gasteiger partial charge in [-0.2, -0.15) is 0 Å². The number of ether oxygens (including phenoxy) is 2. The van der Waals surface area contributed by atoms with Gasteiger partial charge >= 0.3 is 5.97 Å². The molecule has 0 bridgehead atoms. The lowest BCUT2D eigenvalue weighted by Crippen LogP contribution is -2.45. The van der Waals surface area contributed by atoms with Gasteiger partial charge in [0.15, 0.2) is 0 Å². The molecule has 0 amide bonds. The molecule has 190 valence electrons. The summed E-state index contributed by atoms with van der Waals surface area (Å²) in [6.45, 7) is 10.8. The Bertz CT molecular complexity index is 909. The van der Waals surface area contributed by atoms with Crippen molar-refractivity contribution in [3.8, 4) is 0 Å². The van der Waals surface area contributed by atoms with Gasteiger partial charge in [0.1, 0.15) is 11.9 Å². The molecule has 0 radical (unpaired) electrons. The molecular formula is C26H39NO6S. The number of rotatable bonds is 2. The fourth-order valence-corrected chi connectivity index (χ4v) is 5.35. The summed E-state index contributed by atoms with van der Waals surface area (Å²) in [5.41, 5.74) is 0.494. The van der Waals surface area contributed by atoms with Crippen molar-refractivity contribution < 1.29 is 29.3 Å². The Morgan fingerprint density at radius 1 is 1.21 bits per heavy atom. The zero-order valence-corrected chi connectivity index (χ0v) is 21.9. The molecule has 6 unspecified atom stereocenters. The first-order valence-electron chi connectivity index (χ1n) is 12.3. The number of fused-ring (bicyclic) bond motifs is 1. The van der Waals surface area contributed by atoms with E-state index in [0.29, 0.717) is 6.42 Å². The monoisotopic (exact) mass is 494 g/mol. The lowest BCUT2D eigenvalue weighted by Gasteiger charge is -2.34. The Morgan fingerprint density at radius 3 is 2.56 bits per heavy atom. The van der Waals surface area contributed by atoms with Gasteiger partial charge in [0.25, 0.3) is 0 Å². The molecule has 0 aliphatic carbocycles. The van der Waals surface area contributed by atoms with Crippen LogP contribution in [0.4, 0.5) is 0 Å². The molecule has 3 heterocycles. The van der Waals surface area contributed by atoms with Crippen LogP contribution in [0.3, 0.4) is 0 Å². The number of aliphatic hydroxyl groups excluding tert-OH is 2. The van der Waals surface area contributed by atoms with E-state index in [2.05, 4.69) is 4.98 Å². The number of Topliss-reactive ketones (excluding diaryl/α,β-unsaturated/α-hetero) is 1. The van der Waals surface area contributed by atoms with Crippen LogP contribution in [-0.2, 0) is 19.1 Å². The maximum Gasteiger partial charge on any atom is 0.309 e. The van der Waals surface area contributed by atoms with Gasteiger partial charge in [0, 0.05) is 17.7 Å². The van der Waals surface area contributed by atoms with Gasteiger partial charge in [-0.15, -0.1) is 11.3 Å². The fraction of sp³-hybridized carbons (Fsp3) is 0.731. The van der Waals surface area contributed by atoms with E-state index in [9.17, 15) is 19.8 Å². The predicted octanol–water partition coefficient (Wildman–Crippen LogP) is 4.09. The number of hydrogen-bond acceptors (Lipinski definition) is 8. The van der Waals surface area contributed by atoms with Crippen LogP contribution in [0.5, 0.6) is 0 Å². The highest BCUT2D eigenvalue weighted by atomic mass is 32.1. The summed E-state index contributed by atoms with van der Waals surface area (Å²) in [4.78, 5) is 30.5. The van der Waals surface area contributed by atoms with E-state index in [1.165, 1.54) is 0 Å². The smallest absolute Gasteiger partial charge is 0.309 e. The average molecular weight is 495 g/mol. The van der Waals surface area contributed by atoms with Crippen molar-refractivity contribution in [2.24, 2.45) is 17.3 Å². The zero-order chi connectivity index (χ0) is 25.2. The summed E-state index contributed by atoms with van der Waals surface area (Å²) < 4.78 is 11.7. The maximum atomic E-state index is 13.2. The molecule has 2 fully saturated rings. The van der Waals surface area contributed by atoms with Gasteiger partial charge in [-0.1, -0.05) is 34.1 Å². The van der Waals surface area contributed by atoms with E-state index in [0.717, 1.165) is 35.5 Å². The van der Waals surface area contributed by atoms with Crippen molar-refractivity contribution in [1.82, 2.24) is 4.98 Å². The SMILES string of the molecule is C/C(=C\c1csc(C)n1)C1C[C@@H]2O[C@@H]2CCCC(C)C(O)C(C)C(=O)C(C)([13CH3])C(O)CC(=O)O1. The average Bonchev–Trinajstić information content (AvgIpc) is 3.38. The van der Waals surface area contributed by atoms with Crippen molar-refractivity contribution in [2.45, 2.75) is 104 Å². The second-order valence-corrected chi connectivity index (χ2v) is 11.7. The van der Waals surface area contributed by atoms with Crippen molar-refractivity contribution in [1.29, 1.82) is 0 Å². The van der Waals surface area contributed by atoms with Crippen LogP contribution < -0.4 is 0 Å². The summed E-state index contributed by atoms with van der Waals surface area (Å²) in [7, 11) is 0. The fourth-order valence-electron chi connectivity index (χ4n) is 4.78. The molecular weight excluding hydrogens is 455 g/mol. The zero-order valence-electron chi connectivity index (χ0n) is 21.1. The minimum atomic E-state index is -1.22. The first kappa shape index (κ1) is 27.0. The van der Waals surface area contributed by atoms with Gasteiger partial charge in [-0.3, -0.25) is 9.59 Å². The first-order valence-corrected chi connectivity index (χ1v) is 13.1. The lowest BCUT2D eigenvalue weighted by atomic mass is 9.76. The molecule has 2 N–H and O–H groups in total. The Hall–Kier alpha value is -1.61. The molecule has 0 saturated carbocycles. The number of hydrogen-bond donors (Lipinski definition) is 2. The Labute approximate surface area is 206 Å². The van der Waals surface area contributed by atoms with Gasteiger partial charge in [0.05, 0.1) is 47.0 Å². The minimum Gasteiger partial charge on any atom is -0.458 e. The Balaban J connectivity index is 1.81. The van der Waals surface area contributed by atoms with E-state index in [1.807, 2.05) is 32.2 Å². The Kier molecular flexibility index (Phi) is 8.71. The molecule has 2 aliphatic rings. The minimum absolute atomic E-state index is 0.00770. The van der Waals surface area contributed by atoms with Crippen LogP contribution in [0, 0.1) is 24.2 Å². The number of nitrogens with zero attached hydrogens (tertiary/aromatic N) is 1. The van der Waals surface area contributed by atoms with E-state index in [4.69, 9.17) is 9.47 Å². The number of cyclic esters (lactones) is 1. The van der Waals surface area contributed by atoms with Crippen LogP contribution in [0.25, 0.3) is 6.08 Å². The molecule has 0 aromatic carbocycles. The molecule has 2 aliphatic heterocycles. The van der Waals surface area contributed by atoms with Crippen molar-refractivity contribution in [2.75, 3.05) is 0 Å². The van der Waals surface area contributed by atoms with Gasteiger partial charge in [-0.05, 0) is 44.3 Å². The number of ketones is 1.